The molecule has 0 spiro atoms. The van der Waals surface area contributed by atoms with Gasteiger partial charge in [-0.15, -0.1) is 11.3 Å². The second-order valence-electron chi connectivity index (χ2n) is 6.92. The third-order valence-electron chi connectivity index (χ3n) is 5.09. The van der Waals surface area contributed by atoms with Gasteiger partial charge in [-0.25, -0.2) is 9.97 Å². The van der Waals surface area contributed by atoms with E-state index in [2.05, 4.69) is 4.98 Å². The molecular formula is C21H19N3O2S2. The summed E-state index contributed by atoms with van der Waals surface area (Å²) in [6.07, 6.45) is 6.17. The van der Waals surface area contributed by atoms with Crippen molar-refractivity contribution < 1.29 is 4.42 Å². The second kappa shape index (κ2) is 7.22. The predicted octanol–water partition coefficient (Wildman–Crippen LogP) is 4.82. The second-order valence-corrected chi connectivity index (χ2v) is 8.95. The number of aryl methyl sites for hydroxylation is 2. The van der Waals surface area contributed by atoms with Crippen LogP contribution in [0.3, 0.4) is 0 Å². The van der Waals surface area contributed by atoms with E-state index >= 15 is 0 Å². The van der Waals surface area contributed by atoms with Gasteiger partial charge in [0.2, 0.25) is 5.89 Å². The van der Waals surface area contributed by atoms with Crippen LogP contribution >= 0.6 is 23.1 Å². The number of hydrogen-bond acceptors (Lipinski definition) is 6. The Bertz CT molecular complexity index is 1210. The van der Waals surface area contributed by atoms with Crippen LogP contribution in [0.2, 0.25) is 0 Å². The van der Waals surface area contributed by atoms with Crippen LogP contribution < -0.4 is 5.56 Å². The van der Waals surface area contributed by atoms with Gasteiger partial charge >= 0.3 is 0 Å². The van der Waals surface area contributed by atoms with E-state index in [9.17, 15) is 4.79 Å². The molecule has 1 aliphatic carbocycles. The van der Waals surface area contributed by atoms with Crippen LogP contribution in [0.25, 0.3) is 21.5 Å². The summed E-state index contributed by atoms with van der Waals surface area (Å²) in [5.74, 6) is 1.91. The van der Waals surface area contributed by atoms with Gasteiger partial charge in [0.1, 0.15) is 4.83 Å². The number of oxazole rings is 1. The maximum Gasteiger partial charge on any atom is 0.262 e. The Morgan fingerprint density at radius 2 is 2.04 bits per heavy atom. The number of fused-ring (bicyclic) bond motifs is 3. The van der Waals surface area contributed by atoms with Crippen molar-refractivity contribution in [3.63, 3.8) is 0 Å². The Kier molecular flexibility index (Phi) is 4.56. The average Bonchev–Trinajstić information content (AvgIpc) is 3.35. The summed E-state index contributed by atoms with van der Waals surface area (Å²) in [7, 11) is 1.80. The van der Waals surface area contributed by atoms with Gasteiger partial charge in [0, 0.05) is 17.5 Å². The molecule has 0 unspecified atom stereocenters. The van der Waals surface area contributed by atoms with Gasteiger partial charge in [-0.1, -0.05) is 42.1 Å². The summed E-state index contributed by atoms with van der Waals surface area (Å²) in [6.45, 7) is 0. The van der Waals surface area contributed by atoms with Crippen molar-refractivity contribution in [1.82, 2.24) is 14.5 Å². The van der Waals surface area contributed by atoms with Gasteiger partial charge in [-0.05, 0) is 31.2 Å². The molecule has 0 radical (unpaired) electrons. The lowest BCUT2D eigenvalue weighted by Crippen LogP contribution is -2.20. The smallest absolute Gasteiger partial charge is 0.262 e. The zero-order chi connectivity index (χ0) is 19.1. The fourth-order valence-corrected chi connectivity index (χ4v) is 5.76. The van der Waals surface area contributed by atoms with Crippen molar-refractivity contribution in [3.8, 4) is 11.3 Å². The first kappa shape index (κ1) is 17.7. The first-order valence-electron chi connectivity index (χ1n) is 9.35. The quantitative estimate of drug-likeness (QED) is 0.357. The molecule has 5 nitrogen and oxygen atoms in total. The Hall–Kier alpha value is -2.38. The van der Waals surface area contributed by atoms with E-state index in [0.717, 1.165) is 40.8 Å². The van der Waals surface area contributed by atoms with Crippen molar-refractivity contribution in [3.05, 3.63) is 63.2 Å². The van der Waals surface area contributed by atoms with E-state index in [1.807, 2.05) is 30.3 Å². The Balaban J connectivity index is 1.42. The predicted molar refractivity (Wildman–Crippen MR) is 113 cm³/mol. The number of nitrogens with zero attached hydrogens (tertiary/aromatic N) is 3. The number of aromatic nitrogens is 3. The topological polar surface area (TPSA) is 60.9 Å². The maximum atomic E-state index is 13.0. The summed E-state index contributed by atoms with van der Waals surface area (Å²) < 4.78 is 7.53. The SMILES string of the molecule is Cn1c(SCc2ncc(-c3ccccc3)o2)nc2sc3c(c2c1=O)CCCC3. The van der Waals surface area contributed by atoms with E-state index in [0.29, 0.717) is 16.8 Å². The molecule has 3 heterocycles. The van der Waals surface area contributed by atoms with Gasteiger partial charge in [0.15, 0.2) is 10.9 Å². The van der Waals surface area contributed by atoms with Crippen molar-refractivity contribution in [2.75, 3.05) is 0 Å². The molecule has 0 fully saturated rings. The highest BCUT2D eigenvalue weighted by Crippen LogP contribution is 2.35. The number of thiophene rings is 1. The van der Waals surface area contributed by atoms with Crippen LogP contribution in [0.1, 0.15) is 29.2 Å². The molecule has 3 aromatic heterocycles. The molecule has 0 bridgehead atoms. The third-order valence-corrected chi connectivity index (χ3v) is 7.29. The highest BCUT2D eigenvalue weighted by molar-refractivity contribution is 7.98. The standard InChI is InChI=1S/C21H19N3O2S2/c1-24-20(25)18-14-9-5-6-10-16(14)28-19(18)23-21(24)27-12-17-22-11-15(26-17)13-7-3-2-4-8-13/h2-4,7-8,11H,5-6,9-10,12H2,1H3. The zero-order valence-electron chi connectivity index (χ0n) is 15.5. The maximum absolute atomic E-state index is 13.0. The molecule has 0 saturated carbocycles. The Morgan fingerprint density at radius 1 is 1.21 bits per heavy atom. The Morgan fingerprint density at radius 3 is 2.89 bits per heavy atom. The molecule has 1 aromatic carbocycles. The fraction of sp³-hybridized carbons (Fsp3) is 0.286. The fourth-order valence-electron chi connectivity index (χ4n) is 3.64. The summed E-state index contributed by atoms with van der Waals surface area (Å²) in [6, 6.07) is 9.91. The minimum atomic E-state index is 0.0595. The molecular weight excluding hydrogens is 390 g/mol. The normalized spacial score (nSPS) is 13.8. The lowest BCUT2D eigenvalue weighted by molar-refractivity contribution is 0.529. The van der Waals surface area contributed by atoms with Crippen molar-refractivity contribution in [2.24, 2.45) is 7.05 Å². The molecule has 0 saturated heterocycles. The summed E-state index contributed by atoms with van der Waals surface area (Å²) in [5.41, 5.74) is 2.29. The highest BCUT2D eigenvalue weighted by Gasteiger charge is 2.21. The van der Waals surface area contributed by atoms with Crippen molar-refractivity contribution in [1.29, 1.82) is 0 Å². The van der Waals surface area contributed by atoms with Gasteiger partial charge in [-0.3, -0.25) is 9.36 Å². The molecule has 7 heteroatoms. The number of thioether (sulfide) groups is 1. The first-order valence-corrected chi connectivity index (χ1v) is 11.1. The van der Waals surface area contributed by atoms with E-state index in [1.54, 1.807) is 29.1 Å². The van der Waals surface area contributed by atoms with Crippen LogP contribution in [0.15, 0.2) is 50.9 Å². The highest BCUT2D eigenvalue weighted by atomic mass is 32.2. The average molecular weight is 410 g/mol. The molecule has 5 rings (SSSR count). The van der Waals surface area contributed by atoms with Gasteiger partial charge < -0.3 is 4.42 Å². The molecule has 0 amide bonds. The Labute approximate surface area is 170 Å². The number of rotatable bonds is 4. The van der Waals surface area contributed by atoms with Crippen LogP contribution in [-0.4, -0.2) is 14.5 Å². The molecule has 0 atom stereocenters. The van der Waals surface area contributed by atoms with Crippen LogP contribution in [-0.2, 0) is 25.6 Å². The van der Waals surface area contributed by atoms with Gasteiger partial charge in [0.05, 0.1) is 17.3 Å². The monoisotopic (exact) mass is 409 g/mol. The molecule has 0 aliphatic heterocycles. The minimum absolute atomic E-state index is 0.0595. The van der Waals surface area contributed by atoms with Crippen LogP contribution in [0.4, 0.5) is 0 Å². The molecule has 1 aliphatic rings. The number of hydrogen-bond donors (Lipinski definition) is 0. The van der Waals surface area contributed by atoms with E-state index < -0.39 is 0 Å². The number of benzene rings is 1. The van der Waals surface area contributed by atoms with Gasteiger partial charge in [-0.2, -0.15) is 0 Å². The van der Waals surface area contributed by atoms with E-state index in [1.165, 1.54) is 28.6 Å². The molecule has 4 aromatic rings. The van der Waals surface area contributed by atoms with E-state index in [-0.39, 0.29) is 5.56 Å². The van der Waals surface area contributed by atoms with E-state index in [4.69, 9.17) is 9.40 Å². The molecule has 142 valence electrons. The zero-order valence-corrected chi connectivity index (χ0v) is 17.1. The largest absolute Gasteiger partial charge is 0.440 e. The minimum Gasteiger partial charge on any atom is -0.440 e. The van der Waals surface area contributed by atoms with Gasteiger partial charge in [0.25, 0.3) is 5.56 Å². The van der Waals surface area contributed by atoms with Crippen LogP contribution in [0.5, 0.6) is 0 Å². The van der Waals surface area contributed by atoms with Crippen molar-refractivity contribution >= 4 is 33.3 Å². The first-order chi connectivity index (χ1) is 13.7. The lowest BCUT2D eigenvalue weighted by atomic mass is 9.97. The lowest BCUT2D eigenvalue weighted by Gasteiger charge is -2.10. The molecule has 0 N–H and O–H groups in total. The van der Waals surface area contributed by atoms with Crippen molar-refractivity contribution in [2.45, 2.75) is 36.6 Å². The summed E-state index contributed by atoms with van der Waals surface area (Å²) in [5, 5.41) is 1.53. The third kappa shape index (κ3) is 3.08. The molecule has 28 heavy (non-hydrogen) atoms. The summed E-state index contributed by atoms with van der Waals surface area (Å²) >= 11 is 3.17. The van der Waals surface area contributed by atoms with Crippen LogP contribution in [0, 0.1) is 0 Å². The summed E-state index contributed by atoms with van der Waals surface area (Å²) in [4.78, 5) is 24.3.